The normalized spacial score (nSPS) is 16.0. The first kappa shape index (κ1) is 20.9. The van der Waals surface area contributed by atoms with Gasteiger partial charge in [0.2, 0.25) is 5.91 Å². The third-order valence-corrected chi connectivity index (χ3v) is 4.58. The fraction of sp³-hybridized carbons (Fsp3) is 0.450. The Labute approximate surface area is 163 Å². The van der Waals surface area contributed by atoms with Gasteiger partial charge in [-0.15, -0.1) is 0 Å². The predicted molar refractivity (Wildman–Crippen MR) is 99.8 cm³/mol. The van der Waals surface area contributed by atoms with Crippen molar-refractivity contribution in [1.82, 2.24) is 5.32 Å². The van der Waals surface area contributed by atoms with Crippen LogP contribution in [0.25, 0.3) is 0 Å². The number of rotatable bonds is 6. The molecule has 1 fully saturated rings. The number of hydrogen-bond donors (Lipinski definition) is 2. The van der Waals surface area contributed by atoms with Crippen molar-refractivity contribution < 1.29 is 19.1 Å². The Morgan fingerprint density at radius 3 is 2.36 bits per heavy atom. The zero-order valence-electron chi connectivity index (χ0n) is 15.7. The van der Waals surface area contributed by atoms with Crippen LogP contribution in [0.4, 0.5) is 5.69 Å². The summed E-state index contributed by atoms with van der Waals surface area (Å²) in [5.41, 5.74) is -0.235. The van der Waals surface area contributed by atoms with Gasteiger partial charge in [0.05, 0.1) is 17.7 Å². The number of carbonyl (C=O) groups is 3. The van der Waals surface area contributed by atoms with Gasteiger partial charge in [-0.1, -0.05) is 19.3 Å². The van der Waals surface area contributed by atoms with Gasteiger partial charge in [0.1, 0.15) is 12.0 Å². The number of nitrogens with zero attached hydrogens (tertiary/aromatic N) is 2. The molecule has 0 saturated heterocycles. The van der Waals surface area contributed by atoms with Crippen molar-refractivity contribution in [1.29, 1.82) is 10.5 Å². The fourth-order valence-corrected chi connectivity index (χ4v) is 3.01. The zero-order valence-corrected chi connectivity index (χ0v) is 15.7. The lowest BCUT2D eigenvalue weighted by Crippen LogP contribution is -2.52. The van der Waals surface area contributed by atoms with E-state index in [2.05, 4.69) is 16.7 Å². The number of benzene rings is 1. The Balaban J connectivity index is 1.92. The molecule has 146 valence electrons. The molecule has 1 aromatic carbocycles. The maximum absolute atomic E-state index is 12.4. The van der Waals surface area contributed by atoms with E-state index in [1.165, 1.54) is 31.2 Å². The third-order valence-electron chi connectivity index (χ3n) is 4.58. The second kappa shape index (κ2) is 9.52. The molecular weight excluding hydrogens is 360 g/mol. The summed E-state index contributed by atoms with van der Waals surface area (Å²) in [6.07, 6.45) is 2.66. The minimum atomic E-state index is -1.05. The number of esters is 1. The zero-order chi connectivity index (χ0) is 20.6. The van der Waals surface area contributed by atoms with E-state index < -0.39 is 29.4 Å². The molecule has 0 aromatic heterocycles. The van der Waals surface area contributed by atoms with Crippen LogP contribution in [0.1, 0.15) is 55.8 Å². The highest BCUT2D eigenvalue weighted by Crippen LogP contribution is 2.27. The first-order chi connectivity index (χ1) is 13.4. The molecule has 0 aliphatic heterocycles. The lowest BCUT2D eigenvalue weighted by molar-refractivity contribution is -0.130. The number of anilines is 1. The van der Waals surface area contributed by atoms with Crippen molar-refractivity contribution in [2.24, 2.45) is 0 Å². The van der Waals surface area contributed by atoms with Crippen molar-refractivity contribution >= 4 is 23.5 Å². The van der Waals surface area contributed by atoms with Crippen LogP contribution in [0.15, 0.2) is 24.3 Å². The largest absolute Gasteiger partial charge is 0.449 e. The second-order valence-corrected chi connectivity index (χ2v) is 6.75. The molecule has 0 unspecified atom stereocenters. The van der Waals surface area contributed by atoms with Crippen molar-refractivity contribution in [3.8, 4) is 12.1 Å². The van der Waals surface area contributed by atoms with Crippen LogP contribution in [-0.2, 0) is 14.3 Å². The van der Waals surface area contributed by atoms with Gasteiger partial charge in [-0.2, -0.15) is 10.5 Å². The summed E-state index contributed by atoms with van der Waals surface area (Å²) in [5.74, 6) is -1.64. The number of carbonyl (C=O) groups excluding carboxylic acids is 3. The lowest BCUT2D eigenvalue weighted by Gasteiger charge is -2.32. The summed E-state index contributed by atoms with van der Waals surface area (Å²) < 4.78 is 5.20. The second-order valence-electron chi connectivity index (χ2n) is 6.75. The van der Waals surface area contributed by atoms with Crippen LogP contribution < -0.4 is 10.6 Å². The minimum Gasteiger partial charge on any atom is -0.449 e. The van der Waals surface area contributed by atoms with Crippen LogP contribution in [0.2, 0.25) is 0 Å². The summed E-state index contributed by atoms with van der Waals surface area (Å²) in [6, 6.07) is 9.84. The molecule has 1 aliphatic carbocycles. The van der Waals surface area contributed by atoms with E-state index in [9.17, 15) is 19.6 Å². The predicted octanol–water partition coefficient (Wildman–Crippen LogP) is 2.43. The van der Waals surface area contributed by atoms with E-state index in [-0.39, 0.29) is 12.0 Å². The molecule has 2 amide bonds. The van der Waals surface area contributed by atoms with Gasteiger partial charge in [0, 0.05) is 5.69 Å². The van der Waals surface area contributed by atoms with Gasteiger partial charge >= 0.3 is 5.97 Å². The minimum absolute atomic E-state index is 0.214. The molecule has 8 nitrogen and oxygen atoms in total. The van der Waals surface area contributed by atoms with E-state index in [0.717, 1.165) is 19.3 Å². The molecule has 8 heteroatoms. The molecule has 0 heterocycles. The summed E-state index contributed by atoms with van der Waals surface area (Å²) in [6.45, 7) is 1.46. The maximum Gasteiger partial charge on any atom is 0.338 e. The van der Waals surface area contributed by atoms with Gasteiger partial charge in [-0.3, -0.25) is 9.59 Å². The molecule has 2 N–H and O–H groups in total. The van der Waals surface area contributed by atoms with Gasteiger partial charge in [-0.05, 0) is 44.0 Å². The van der Waals surface area contributed by atoms with Crippen LogP contribution in [0.5, 0.6) is 0 Å². The highest BCUT2D eigenvalue weighted by atomic mass is 16.5. The van der Waals surface area contributed by atoms with Gasteiger partial charge in [-0.25, -0.2) is 4.79 Å². The average molecular weight is 382 g/mol. The standard InChI is InChI=1S/C20H22N4O4/c1-14(18(26)24-20(13-22)10-3-2-4-11-20)28-19(27)15-5-7-16(8-6-15)23-17(25)9-12-21/h5-8,14H,2-4,9-11H2,1H3,(H,23,25)(H,24,26)/t14-/m1/s1. The number of ether oxygens (including phenoxy) is 1. The first-order valence-corrected chi connectivity index (χ1v) is 9.10. The monoisotopic (exact) mass is 382 g/mol. The van der Waals surface area contributed by atoms with E-state index in [1.807, 2.05) is 0 Å². The first-order valence-electron chi connectivity index (χ1n) is 9.10. The third kappa shape index (κ3) is 5.55. The van der Waals surface area contributed by atoms with Crippen LogP contribution >= 0.6 is 0 Å². The molecular formula is C20H22N4O4. The molecule has 1 aromatic rings. The number of nitriles is 2. The number of hydrogen-bond acceptors (Lipinski definition) is 6. The topological polar surface area (TPSA) is 132 Å². The molecule has 28 heavy (non-hydrogen) atoms. The molecule has 0 bridgehead atoms. The highest BCUT2D eigenvalue weighted by molar-refractivity contribution is 5.94. The molecule has 1 aliphatic rings. The van der Waals surface area contributed by atoms with Gasteiger partial charge in [0.25, 0.3) is 5.91 Å². The lowest BCUT2D eigenvalue weighted by atomic mass is 9.83. The van der Waals surface area contributed by atoms with Crippen LogP contribution in [-0.4, -0.2) is 29.4 Å². The Hall–Kier alpha value is -3.39. The van der Waals surface area contributed by atoms with Gasteiger partial charge < -0.3 is 15.4 Å². The Morgan fingerprint density at radius 2 is 1.79 bits per heavy atom. The highest BCUT2D eigenvalue weighted by Gasteiger charge is 2.35. The van der Waals surface area contributed by atoms with Crippen molar-refractivity contribution in [3.05, 3.63) is 29.8 Å². The molecule has 1 saturated carbocycles. The summed E-state index contributed by atoms with van der Waals surface area (Å²) in [7, 11) is 0. The maximum atomic E-state index is 12.4. The Kier molecular flexibility index (Phi) is 7.11. The average Bonchev–Trinajstić information content (AvgIpc) is 2.69. The Morgan fingerprint density at radius 1 is 1.14 bits per heavy atom. The van der Waals surface area contributed by atoms with Gasteiger partial charge in [0.15, 0.2) is 6.10 Å². The van der Waals surface area contributed by atoms with Crippen molar-refractivity contribution in [3.63, 3.8) is 0 Å². The van der Waals surface area contributed by atoms with E-state index in [0.29, 0.717) is 18.5 Å². The van der Waals surface area contributed by atoms with E-state index >= 15 is 0 Å². The fourth-order valence-electron chi connectivity index (χ4n) is 3.01. The van der Waals surface area contributed by atoms with Crippen molar-refractivity contribution in [2.45, 2.75) is 57.1 Å². The van der Waals surface area contributed by atoms with Crippen LogP contribution in [0.3, 0.4) is 0 Å². The summed E-state index contributed by atoms with van der Waals surface area (Å²) >= 11 is 0. The number of amides is 2. The summed E-state index contributed by atoms with van der Waals surface area (Å²) in [5, 5.41) is 23.2. The quantitative estimate of drug-likeness (QED) is 0.726. The van der Waals surface area contributed by atoms with Crippen molar-refractivity contribution in [2.75, 3.05) is 5.32 Å². The summed E-state index contributed by atoms with van der Waals surface area (Å²) in [4.78, 5) is 36.0. The van der Waals surface area contributed by atoms with Crippen LogP contribution in [0, 0.1) is 22.7 Å². The van der Waals surface area contributed by atoms with E-state index in [4.69, 9.17) is 10.00 Å². The SMILES string of the molecule is C[C@@H](OC(=O)c1ccc(NC(=O)CC#N)cc1)C(=O)NC1(C#N)CCCCC1. The molecule has 0 spiro atoms. The molecule has 1 atom stereocenters. The number of nitrogens with one attached hydrogen (secondary N) is 2. The molecule has 2 rings (SSSR count). The molecule has 0 radical (unpaired) electrons. The van der Waals surface area contributed by atoms with E-state index in [1.54, 1.807) is 6.07 Å². The Bertz CT molecular complexity index is 814. The smallest absolute Gasteiger partial charge is 0.338 e.